The van der Waals surface area contributed by atoms with Gasteiger partial charge in [-0.15, -0.1) is 0 Å². The van der Waals surface area contributed by atoms with Crippen LogP contribution in [0.4, 0.5) is 17.1 Å². The van der Waals surface area contributed by atoms with Gasteiger partial charge in [0.25, 0.3) is 0 Å². The lowest BCUT2D eigenvalue weighted by atomic mass is 9.71. The van der Waals surface area contributed by atoms with Crippen LogP contribution in [0.15, 0.2) is 72.8 Å². The molecule has 1 N–H and O–H groups in total. The van der Waals surface area contributed by atoms with Crippen LogP contribution < -0.4 is 15.0 Å². The van der Waals surface area contributed by atoms with Crippen LogP contribution >= 0.6 is 0 Å². The third-order valence-corrected chi connectivity index (χ3v) is 8.57. The summed E-state index contributed by atoms with van der Waals surface area (Å²) in [6, 6.07) is 24.6. The Morgan fingerprint density at radius 3 is 2.05 bits per heavy atom. The first-order valence-electron chi connectivity index (χ1n) is 14.9. The Bertz CT molecular complexity index is 1680. The fourth-order valence-corrected chi connectivity index (χ4v) is 6.54. The largest absolute Gasteiger partial charge is 0.456 e. The van der Waals surface area contributed by atoms with Crippen molar-refractivity contribution in [1.29, 1.82) is 0 Å². The monoisotopic (exact) mass is 560 g/mol. The van der Waals surface area contributed by atoms with E-state index < -0.39 is 5.60 Å². The molecule has 1 atom stereocenters. The molecule has 216 valence electrons. The number of anilines is 3. The third-order valence-electron chi connectivity index (χ3n) is 8.57. The first kappa shape index (κ1) is 27.9. The summed E-state index contributed by atoms with van der Waals surface area (Å²) in [4.78, 5) is 15.6. The van der Waals surface area contributed by atoms with Crippen LogP contribution in [0.2, 0.25) is 0 Å². The van der Waals surface area contributed by atoms with Gasteiger partial charge in [0, 0.05) is 53.9 Å². The predicted molar refractivity (Wildman–Crippen MR) is 171 cm³/mol. The van der Waals surface area contributed by atoms with E-state index in [0.29, 0.717) is 17.2 Å². The zero-order chi connectivity index (χ0) is 29.9. The second-order valence-electron chi connectivity index (χ2n) is 12.6. The molecule has 5 heteroatoms. The molecular formula is C37H40N2O3. The van der Waals surface area contributed by atoms with Crippen LogP contribution in [-0.4, -0.2) is 20.1 Å². The van der Waals surface area contributed by atoms with E-state index in [1.165, 1.54) is 11.1 Å². The summed E-state index contributed by atoms with van der Waals surface area (Å²) in [6.45, 7) is 13.3. The normalized spacial score (nSPS) is 16.8. The first-order valence-corrected chi connectivity index (χ1v) is 14.9. The number of ether oxygens (including phenoxy) is 2. The zero-order valence-corrected chi connectivity index (χ0v) is 25.8. The Labute approximate surface area is 249 Å². The smallest absolute Gasteiger partial charge is 0.340 e. The Hall–Kier alpha value is -4.25. The summed E-state index contributed by atoms with van der Waals surface area (Å²) in [5.41, 5.74) is 8.80. The van der Waals surface area contributed by atoms with Crippen LogP contribution in [-0.2, 0) is 10.3 Å². The quantitative estimate of drug-likeness (QED) is 0.238. The van der Waals surface area contributed by atoms with Gasteiger partial charge in [0.15, 0.2) is 5.60 Å². The Balaban J connectivity index is 1.61. The highest BCUT2D eigenvalue weighted by Gasteiger charge is 2.55. The van der Waals surface area contributed by atoms with E-state index in [0.717, 1.165) is 45.1 Å². The topological polar surface area (TPSA) is 50.8 Å². The summed E-state index contributed by atoms with van der Waals surface area (Å²) >= 11 is 0. The van der Waals surface area contributed by atoms with Crippen molar-refractivity contribution in [3.05, 3.63) is 112 Å². The van der Waals surface area contributed by atoms with Crippen molar-refractivity contribution < 1.29 is 14.3 Å². The highest BCUT2D eigenvalue weighted by atomic mass is 16.6. The van der Waals surface area contributed by atoms with Crippen LogP contribution in [0.5, 0.6) is 11.5 Å². The van der Waals surface area contributed by atoms with Gasteiger partial charge >= 0.3 is 5.97 Å². The van der Waals surface area contributed by atoms with Crippen LogP contribution in [0.1, 0.15) is 103 Å². The average molecular weight is 561 g/mol. The lowest BCUT2D eigenvalue weighted by Gasteiger charge is -2.41. The minimum absolute atomic E-state index is 0.192. The number of rotatable bonds is 6. The lowest BCUT2D eigenvalue weighted by Crippen LogP contribution is -2.35. The molecule has 0 fully saturated rings. The number of carbonyl (C=O) groups is 1. The van der Waals surface area contributed by atoms with Gasteiger partial charge in [-0.3, -0.25) is 0 Å². The van der Waals surface area contributed by atoms with Crippen molar-refractivity contribution in [1.82, 2.24) is 0 Å². The van der Waals surface area contributed by atoms with Gasteiger partial charge < -0.3 is 19.7 Å². The van der Waals surface area contributed by atoms with Crippen molar-refractivity contribution in [2.75, 3.05) is 24.3 Å². The number of hydrogen-bond acceptors (Lipinski definition) is 5. The van der Waals surface area contributed by atoms with Crippen molar-refractivity contribution in [2.45, 2.75) is 64.9 Å². The second-order valence-corrected chi connectivity index (χ2v) is 12.6. The van der Waals surface area contributed by atoms with Gasteiger partial charge in [-0.05, 0) is 71.3 Å². The van der Waals surface area contributed by atoms with Gasteiger partial charge in [-0.25, -0.2) is 4.79 Å². The van der Waals surface area contributed by atoms with E-state index in [1.807, 2.05) is 50.5 Å². The molecule has 0 saturated carbocycles. The molecule has 1 unspecified atom stereocenters. The lowest BCUT2D eigenvalue weighted by molar-refractivity contribution is 0.0220. The maximum absolute atomic E-state index is 13.5. The molecule has 2 aliphatic rings. The van der Waals surface area contributed by atoms with E-state index in [-0.39, 0.29) is 17.8 Å². The van der Waals surface area contributed by atoms with Crippen LogP contribution in [0.3, 0.4) is 0 Å². The summed E-state index contributed by atoms with van der Waals surface area (Å²) < 4.78 is 13.6. The molecule has 2 heterocycles. The highest BCUT2D eigenvalue weighted by molar-refractivity contribution is 5.97. The summed E-state index contributed by atoms with van der Waals surface area (Å²) in [6.07, 6.45) is 0. The first-order chi connectivity index (χ1) is 20.0. The molecule has 0 aromatic heterocycles. The summed E-state index contributed by atoms with van der Waals surface area (Å²) in [5.74, 6) is 1.92. The molecule has 1 spiro atoms. The van der Waals surface area contributed by atoms with Crippen LogP contribution in [0, 0.1) is 0 Å². The fourth-order valence-electron chi connectivity index (χ4n) is 6.54. The molecule has 0 saturated heterocycles. The third kappa shape index (κ3) is 4.25. The van der Waals surface area contributed by atoms with Crippen molar-refractivity contribution >= 4 is 23.0 Å². The predicted octanol–water partition coefficient (Wildman–Crippen LogP) is 9.43. The Morgan fingerprint density at radius 1 is 0.738 bits per heavy atom. The Kier molecular flexibility index (Phi) is 6.80. The number of nitrogens with one attached hydrogen (secondary N) is 1. The molecule has 6 rings (SSSR count). The molecular weight excluding hydrogens is 520 g/mol. The van der Waals surface area contributed by atoms with Gasteiger partial charge in [-0.2, -0.15) is 0 Å². The van der Waals surface area contributed by atoms with E-state index in [4.69, 9.17) is 9.47 Å². The summed E-state index contributed by atoms with van der Waals surface area (Å²) in [7, 11) is 4.07. The van der Waals surface area contributed by atoms with Crippen molar-refractivity contribution in [2.24, 2.45) is 0 Å². The molecule has 2 aliphatic heterocycles. The number of fused-ring (bicyclic) bond motifs is 6. The molecule has 0 amide bonds. The molecule has 42 heavy (non-hydrogen) atoms. The molecule has 0 radical (unpaired) electrons. The van der Waals surface area contributed by atoms with Gasteiger partial charge in [0.05, 0.1) is 11.1 Å². The molecule has 0 bridgehead atoms. The van der Waals surface area contributed by atoms with E-state index in [1.54, 1.807) is 0 Å². The second kappa shape index (κ2) is 10.2. The number of hydrogen-bond donors (Lipinski definition) is 1. The van der Waals surface area contributed by atoms with E-state index >= 15 is 0 Å². The summed E-state index contributed by atoms with van der Waals surface area (Å²) in [5, 5.41) is 3.54. The Morgan fingerprint density at radius 2 is 1.40 bits per heavy atom. The fraction of sp³-hybridized carbons (Fsp3) is 0.324. The number of benzene rings is 4. The SMILES string of the molecule is CC(C)c1cc(C(C)C)c2c(c1C(C)C)Oc1cc(Nc3ccc(N(C)C)cc3)ccc1C21OC(=O)c2ccccc21. The maximum atomic E-state index is 13.5. The number of nitrogens with zero attached hydrogens (tertiary/aromatic N) is 1. The van der Waals surface area contributed by atoms with Gasteiger partial charge in [0.2, 0.25) is 0 Å². The van der Waals surface area contributed by atoms with Gasteiger partial charge in [0.1, 0.15) is 11.5 Å². The molecule has 0 aliphatic carbocycles. The maximum Gasteiger partial charge on any atom is 0.340 e. The minimum atomic E-state index is -1.10. The molecule has 4 aromatic rings. The van der Waals surface area contributed by atoms with E-state index in [2.05, 4.69) is 88.2 Å². The zero-order valence-electron chi connectivity index (χ0n) is 25.8. The molecule has 4 aromatic carbocycles. The van der Waals surface area contributed by atoms with Crippen molar-refractivity contribution in [3.63, 3.8) is 0 Å². The number of carbonyl (C=O) groups excluding carboxylic acids is 1. The number of esters is 1. The standard InChI is InChI=1S/C37H40N2O3/c1-21(2)28-20-29(22(3)4)34-35(33(28)23(5)6)41-32-19-25(38-24-13-16-26(17-14-24)39(7)8)15-18-31(32)37(34)30-12-10-9-11-27(30)36(40)42-37/h9-23,38H,1-8H3. The minimum Gasteiger partial charge on any atom is -0.456 e. The van der Waals surface area contributed by atoms with E-state index in [9.17, 15) is 4.79 Å². The average Bonchev–Trinajstić information content (AvgIpc) is 3.24. The van der Waals surface area contributed by atoms with Crippen molar-refractivity contribution in [3.8, 4) is 11.5 Å². The van der Waals surface area contributed by atoms with Crippen LogP contribution in [0.25, 0.3) is 0 Å². The molecule has 5 nitrogen and oxygen atoms in total. The van der Waals surface area contributed by atoms with Gasteiger partial charge in [-0.1, -0.05) is 65.8 Å². The highest BCUT2D eigenvalue weighted by Crippen LogP contribution is 2.60.